The second kappa shape index (κ2) is 6.35. The molecule has 0 aromatic carbocycles. The van der Waals surface area contributed by atoms with Crippen molar-refractivity contribution in [3.8, 4) is 0 Å². The second-order valence-electron chi connectivity index (χ2n) is 3.00. The summed E-state index contributed by atoms with van der Waals surface area (Å²) >= 11 is 0. The first-order valence-corrected chi connectivity index (χ1v) is 4.78. The van der Waals surface area contributed by atoms with Gasteiger partial charge in [0.05, 0.1) is 5.69 Å². The first-order chi connectivity index (χ1) is 7.80. The maximum Gasteiger partial charge on any atom is 0.151 e. The highest BCUT2D eigenvalue weighted by atomic mass is 16.5. The molecule has 0 atom stereocenters. The smallest absolute Gasteiger partial charge is 0.151 e. The first-order valence-electron chi connectivity index (χ1n) is 4.78. The van der Waals surface area contributed by atoms with Crippen LogP contribution in [0.15, 0.2) is 55.5 Å². The Kier molecular flexibility index (Phi) is 4.73. The molecular weight excluding hydrogens is 202 g/mol. The van der Waals surface area contributed by atoms with E-state index in [-0.39, 0.29) is 0 Å². The Hall–Kier alpha value is -2.16. The number of ether oxygens (including phenoxy) is 1. The summed E-state index contributed by atoms with van der Waals surface area (Å²) in [7, 11) is 0. The van der Waals surface area contributed by atoms with E-state index >= 15 is 0 Å². The molecule has 0 N–H and O–H groups in total. The molecule has 0 amide bonds. The van der Waals surface area contributed by atoms with Crippen LogP contribution in [-0.4, -0.2) is 11.3 Å². The van der Waals surface area contributed by atoms with E-state index in [1.165, 1.54) is 6.20 Å². The van der Waals surface area contributed by atoms with Crippen molar-refractivity contribution in [1.29, 1.82) is 0 Å². The van der Waals surface area contributed by atoms with Gasteiger partial charge >= 0.3 is 0 Å². The van der Waals surface area contributed by atoms with Crippen LogP contribution in [0.3, 0.4) is 0 Å². The van der Waals surface area contributed by atoms with Gasteiger partial charge in [0.25, 0.3) is 0 Å². The largest absolute Gasteiger partial charge is 0.487 e. The number of hydrogen-bond acceptors (Lipinski definition) is 3. The number of aldehydes is 1. The molecule has 1 aromatic heterocycles. The predicted octanol–water partition coefficient (Wildman–Crippen LogP) is 2.67. The van der Waals surface area contributed by atoms with Crippen molar-refractivity contribution in [1.82, 2.24) is 4.98 Å². The third kappa shape index (κ3) is 3.53. The number of carbonyl (C=O) groups is 1. The number of allylic oxidation sites excluding steroid dienone is 3. The molecule has 82 valence electrons. The number of rotatable bonds is 6. The van der Waals surface area contributed by atoms with Gasteiger partial charge in [-0.25, -0.2) is 0 Å². The molecular formula is C13H13NO2. The van der Waals surface area contributed by atoms with Crippen molar-refractivity contribution in [2.75, 3.05) is 0 Å². The fourth-order valence-corrected chi connectivity index (χ4v) is 1.04. The normalized spacial score (nSPS) is 10.6. The van der Waals surface area contributed by atoms with Crippen LogP contribution in [0.4, 0.5) is 0 Å². The van der Waals surface area contributed by atoms with E-state index < -0.39 is 0 Å². The first kappa shape index (κ1) is 11.9. The van der Waals surface area contributed by atoms with Crippen LogP contribution in [-0.2, 0) is 11.3 Å². The highest BCUT2D eigenvalue weighted by molar-refractivity contribution is 5.73. The van der Waals surface area contributed by atoms with Gasteiger partial charge in [0.15, 0.2) is 6.29 Å². The Balaban J connectivity index is 2.60. The zero-order valence-corrected chi connectivity index (χ0v) is 8.93. The summed E-state index contributed by atoms with van der Waals surface area (Å²) < 4.78 is 5.41. The van der Waals surface area contributed by atoms with Crippen molar-refractivity contribution in [3.63, 3.8) is 0 Å². The highest BCUT2D eigenvalue weighted by Crippen LogP contribution is 2.05. The van der Waals surface area contributed by atoms with E-state index in [0.29, 0.717) is 17.9 Å². The summed E-state index contributed by atoms with van der Waals surface area (Å²) in [5, 5.41) is 0. The molecule has 16 heavy (non-hydrogen) atoms. The minimum Gasteiger partial charge on any atom is -0.487 e. The summed E-state index contributed by atoms with van der Waals surface area (Å²) in [5.74, 6) is 0.635. The molecule has 0 radical (unpaired) electrons. The number of pyridine rings is 1. The number of nitrogens with zero attached hydrogens (tertiary/aromatic N) is 1. The Labute approximate surface area is 94.8 Å². The maximum absolute atomic E-state index is 10.4. The van der Waals surface area contributed by atoms with Gasteiger partial charge in [0, 0.05) is 11.8 Å². The molecule has 1 rings (SSSR count). The zero-order chi connectivity index (χ0) is 11.8. The molecule has 0 saturated carbocycles. The fraction of sp³-hybridized carbons (Fsp3) is 0.0769. The molecule has 0 aliphatic carbocycles. The Morgan fingerprint density at radius 2 is 2.25 bits per heavy atom. The molecule has 1 aromatic rings. The van der Waals surface area contributed by atoms with E-state index in [2.05, 4.69) is 18.1 Å². The van der Waals surface area contributed by atoms with Gasteiger partial charge in [-0.2, -0.15) is 0 Å². The van der Waals surface area contributed by atoms with Crippen LogP contribution in [0.1, 0.15) is 16.1 Å². The molecule has 3 heteroatoms. The van der Waals surface area contributed by atoms with Crippen LogP contribution in [0.25, 0.3) is 0 Å². The average molecular weight is 215 g/mol. The molecule has 3 nitrogen and oxygen atoms in total. The van der Waals surface area contributed by atoms with Crippen molar-refractivity contribution in [2.24, 2.45) is 0 Å². The molecule has 0 aliphatic heterocycles. The lowest BCUT2D eigenvalue weighted by Gasteiger charge is -2.05. The van der Waals surface area contributed by atoms with Crippen LogP contribution >= 0.6 is 0 Å². The SMILES string of the molecule is C=C/C=C(\C=C)OCc1ccc(C=O)cn1. The summed E-state index contributed by atoms with van der Waals surface area (Å²) in [6, 6.07) is 3.45. The molecule has 1 heterocycles. The topological polar surface area (TPSA) is 39.2 Å². The van der Waals surface area contributed by atoms with Crippen LogP contribution < -0.4 is 0 Å². The lowest BCUT2D eigenvalue weighted by Crippen LogP contribution is -1.95. The third-order valence-corrected chi connectivity index (χ3v) is 1.85. The fourth-order valence-electron chi connectivity index (χ4n) is 1.04. The van der Waals surface area contributed by atoms with E-state index in [0.717, 1.165) is 12.0 Å². The summed E-state index contributed by atoms with van der Waals surface area (Å²) in [6.45, 7) is 7.52. The van der Waals surface area contributed by atoms with Crippen LogP contribution in [0.2, 0.25) is 0 Å². The van der Waals surface area contributed by atoms with Crippen molar-refractivity contribution in [3.05, 3.63) is 66.7 Å². The predicted molar refractivity (Wildman–Crippen MR) is 62.9 cm³/mol. The lowest BCUT2D eigenvalue weighted by molar-refractivity contribution is 0.112. The quantitative estimate of drug-likeness (QED) is 0.416. The maximum atomic E-state index is 10.4. The minimum atomic E-state index is 0.338. The van der Waals surface area contributed by atoms with Gasteiger partial charge in [-0.05, 0) is 24.3 Å². The number of carbonyl (C=O) groups excluding carboxylic acids is 1. The van der Waals surface area contributed by atoms with Gasteiger partial charge in [0.2, 0.25) is 0 Å². The van der Waals surface area contributed by atoms with Gasteiger partial charge in [0.1, 0.15) is 12.4 Å². The van der Waals surface area contributed by atoms with E-state index in [9.17, 15) is 4.79 Å². The van der Waals surface area contributed by atoms with Gasteiger partial charge < -0.3 is 4.74 Å². The Morgan fingerprint density at radius 3 is 2.75 bits per heavy atom. The van der Waals surface area contributed by atoms with Gasteiger partial charge in [-0.3, -0.25) is 9.78 Å². The summed E-state index contributed by atoms with van der Waals surface area (Å²) in [6.07, 6.45) is 7.20. The Morgan fingerprint density at radius 1 is 1.44 bits per heavy atom. The van der Waals surface area contributed by atoms with Crippen molar-refractivity contribution in [2.45, 2.75) is 6.61 Å². The molecule has 0 bridgehead atoms. The Bertz CT molecular complexity index is 404. The molecule has 0 unspecified atom stereocenters. The third-order valence-electron chi connectivity index (χ3n) is 1.85. The molecule has 0 saturated heterocycles. The minimum absolute atomic E-state index is 0.338. The van der Waals surface area contributed by atoms with Crippen molar-refractivity contribution >= 4 is 6.29 Å². The molecule has 0 spiro atoms. The number of hydrogen-bond donors (Lipinski definition) is 0. The highest BCUT2D eigenvalue weighted by Gasteiger charge is 1.97. The van der Waals surface area contributed by atoms with E-state index in [4.69, 9.17) is 4.74 Å². The van der Waals surface area contributed by atoms with Crippen LogP contribution in [0.5, 0.6) is 0 Å². The van der Waals surface area contributed by atoms with Gasteiger partial charge in [-0.1, -0.05) is 19.2 Å². The monoisotopic (exact) mass is 215 g/mol. The summed E-state index contributed by atoms with van der Waals surface area (Å²) in [5.41, 5.74) is 1.30. The second-order valence-corrected chi connectivity index (χ2v) is 3.00. The van der Waals surface area contributed by atoms with E-state index in [1.54, 1.807) is 30.4 Å². The molecule has 0 fully saturated rings. The van der Waals surface area contributed by atoms with E-state index in [1.807, 2.05) is 0 Å². The van der Waals surface area contributed by atoms with Gasteiger partial charge in [-0.15, -0.1) is 0 Å². The van der Waals surface area contributed by atoms with Crippen LogP contribution in [0, 0.1) is 0 Å². The molecule has 0 aliphatic rings. The zero-order valence-electron chi connectivity index (χ0n) is 8.93. The lowest BCUT2D eigenvalue weighted by atomic mass is 10.3. The number of aromatic nitrogens is 1. The van der Waals surface area contributed by atoms with Crippen molar-refractivity contribution < 1.29 is 9.53 Å². The summed E-state index contributed by atoms with van der Waals surface area (Å²) in [4.78, 5) is 14.5. The standard InChI is InChI=1S/C13H13NO2/c1-3-5-13(4-2)16-10-12-7-6-11(9-15)8-14-12/h3-9H,1-2,10H2/b13-5+. The average Bonchev–Trinajstić information content (AvgIpc) is 2.35.